The first kappa shape index (κ1) is 10.1. The van der Waals surface area contributed by atoms with Gasteiger partial charge in [0, 0.05) is 7.05 Å². The zero-order chi connectivity index (χ0) is 10.8. The van der Waals surface area contributed by atoms with Crippen LogP contribution in [0.5, 0.6) is 0 Å². The summed E-state index contributed by atoms with van der Waals surface area (Å²) in [5.74, 6) is 0.819. The molecule has 0 N–H and O–H groups in total. The van der Waals surface area contributed by atoms with Crippen molar-refractivity contribution in [2.45, 2.75) is 18.8 Å². The van der Waals surface area contributed by atoms with Crippen molar-refractivity contribution < 1.29 is 0 Å². The van der Waals surface area contributed by atoms with E-state index in [2.05, 4.69) is 20.4 Å². The maximum absolute atomic E-state index is 5.99. The normalized spacial score (nSPS) is 13.0. The van der Waals surface area contributed by atoms with Crippen LogP contribution in [0.25, 0.3) is 0 Å². The zero-order valence-electron chi connectivity index (χ0n) is 8.50. The molecule has 2 rings (SSSR count). The molecular formula is C8H11ClN6. The van der Waals surface area contributed by atoms with E-state index in [0.717, 1.165) is 11.5 Å². The minimum atomic E-state index is -0.117. The highest BCUT2D eigenvalue weighted by molar-refractivity contribution is 6.20. The Morgan fingerprint density at radius 3 is 2.93 bits per heavy atom. The Balaban J connectivity index is 2.25. The molecule has 80 valence electrons. The lowest BCUT2D eigenvalue weighted by molar-refractivity contribution is 0.569. The smallest absolute Gasteiger partial charge is 0.148 e. The molecule has 0 aromatic carbocycles. The van der Waals surface area contributed by atoms with Gasteiger partial charge in [-0.3, -0.25) is 4.68 Å². The van der Waals surface area contributed by atoms with Gasteiger partial charge in [0.2, 0.25) is 0 Å². The van der Waals surface area contributed by atoms with E-state index >= 15 is 0 Å². The Hall–Kier alpha value is -1.43. The molecule has 0 fully saturated rings. The van der Waals surface area contributed by atoms with Crippen LogP contribution in [-0.2, 0) is 13.6 Å². The van der Waals surface area contributed by atoms with E-state index in [1.54, 1.807) is 15.6 Å². The van der Waals surface area contributed by atoms with E-state index in [1.807, 2.05) is 14.0 Å². The lowest BCUT2D eigenvalue weighted by Crippen LogP contribution is -2.11. The topological polar surface area (TPSA) is 61.4 Å². The average Bonchev–Trinajstić information content (AvgIpc) is 2.77. The van der Waals surface area contributed by atoms with Gasteiger partial charge >= 0.3 is 0 Å². The Morgan fingerprint density at radius 2 is 2.33 bits per heavy atom. The molecule has 6 nitrogen and oxygen atoms in total. The Labute approximate surface area is 91.9 Å². The third-order valence-electron chi connectivity index (χ3n) is 2.15. The summed E-state index contributed by atoms with van der Waals surface area (Å²) in [6.07, 6.45) is 3.17. The van der Waals surface area contributed by atoms with Crippen LogP contribution in [0.15, 0.2) is 12.5 Å². The van der Waals surface area contributed by atoms with Crippen molar-refractivity contribution in [3.63, 3.8) is 0 Å². The van der Waals surface area contributed by atoms with Gasteiger partial charge in [-0.15, -0.1) is 16.7 Å². The molecule has 0 radical (unpaired) electrons. The summed E-state index contributed by atoms with van der Waals surface area (Å²) in [5.41, 5.74) is 0.875. The first-order valence-electron chi connectivity index (χ1n) is 4.54. The predicted molar refractivity (Wildman–Crippen MR) is 54.4 cm³/mol. The number of aryl methyl sites for hydroxylation is 1. The highest BCUT2D eigenvalue weighted by Gasteiger charge is 2.11. The number of aromatic nitrogens is 6. The standard InChI is InChI=1S/C8H11ClN6/c1-6(9)7-3-11-13-15(7)4-8-10-5-12-14(8)2/h3,5-6H,4H2,1-2H3. The van der Waals surface area contributed by atoms with E-state index < -0.39 is 0 Å². The Bertz CT molecular complexity index is 445. The molecule has 0 aliphatic rings. The lowest BCUT2D eigenvalue weighted by atomic mass is 10.3. The second kappa shape index (κ2) is 3.98. The van der Waals surface area contributed by atoms with Crippen LogP contribution >= 0.6 is 11.6 Å². The van der Waals surface area contributed by atoms with Crippen molar-refractivity contribution >= 4 is 11.6 Å². The third-order valence-corrected chi connectivity index (χ3v) is 2.38. The fourth-order valence-corrected chi connectivity index (χ4v) is 1.46. The van der Waals surface area contributed by atoms with Gasteiger partial charge in [-0.1, -0.05) is 5.21 Å². The number of hydrogen-bond donors (Lipinski definition) is 0. The first-order valence-corrected chi connectivity index (χ1v) is 4.97. The lowest BCUT2D eigenvalue weighted by Gasteiger charge is -2.06. The van der Waals surface area contributed by atoms with Crippen LogP contribution < -0.4 is 0 Å². The molecule has 0 saturated carbocycles. The second-order valence-corrected chi connectivity index (χ2v) is 3.89. The van der Waals surface area contributed by atoms with Crippen LogP contribution in [0.2, 0.25) is 0 Å². The molecule has 1 atom stereocenters. The van der Waals surface area contributed by atoms with E-state index in [-0.39, 0.29) is 5.38 Å². The van der Waals surface area contributed by atoms with E-state index in [9.17, 15) is 0 Å². The fraction of sp³-hybridized carbons (Fsp3) is 0.500. The van der Waals surface area contributed by atoms with Crippen molar-refractivity contribution in [1.82, 2.24) is 29.8 Å². The average molecular weight is 227 g/mol. The summed E-state index contributed by atoms with van der Waals surface area (Å²) >= 11 is 5.99. The summed E-state index contributed by atoms with van der Waals surface area (Å²) in [5, 5.41) is 11.6. The van der Waals surface area contributed by atoms with Crippen molar-refractivity contribution in [3.8, 4) is 0 Å². The number of rotatable bonds is 3. The van der Waals surface area contributed by atoms with Crippen LogP contribution in [0, 0.1) is 0 Å². The monoisotopic (exact) mass is 226 g/mol. The SMILES string of the molecule is CC(Cl)c1cnnn1Cc1ncnn1C. The quantitative estimate of drug-likeness (QED) is 0.725. The zero-order valence-corrected chi connectivity index (χ0v) is 9.26. The largest absolute Gasteiger partial charge is 0.251 e. The maximum Gasteiger partial charge on any atom is 0.148 e. The van der Waals surface area contributed by atoms with Gasteiger partial charge in [-0.25, -0.2) is 9.67 Å². The molecule has 15 heavy (non-hydrogen) atoms. The van der Waals surface area contributed by atoms with Crippen LogP contribution in [0.1, 0.15) is 23.8 Å². The summed E-state index contributed by atoms with van der Waals surface area (Å²) in [6, 6.07) is 0. The Kier molecular flexibility index (Phi) is 2.68. The second-order valence-electron chi connectivity index (χ2n) is 3.23. The molecule has 0 aliphatic carbocycles. The van der Waals surface area contributed by atoms with Crippen molar-refractivity contribution in [3.05, 3.63) is 24.0 Å². The molecule has 2 aromatic heterocycles. The van der Waals surface area contributed by atoms with Gasteiger partial charge in [0.05, 0.1) is 17.3 Å². The van der Waals surface area contributed by atoms with Crippen molar-refractivity contribution in [1.29, 1.82) is 0 Å². The number of halogens is 1. The van der Waals surface area contributed by atoms with E-state index in [4.69, 9.17) is 11.6 Å². The van der Waals surface area contributed by atoms with Gasteiger partial charge in [0.25, 0.3) is 0 Å². The van der Waals surface area contributed by atoms with Gasteiger partial charge in [-0.05, 0) is 6.92 Å². The van der Waals surface area contributed by atoms with Crippen molar-refractivity contribution in [2.75, 3.05) is 0 Å². The summed E-state index contributed by atoms with van der Waals surface area (Å²) in [7, 11) is 1.84. The summed E-state index contributed by atoms with van der Waals surface area (Å²) in [4.78, 5) is 4.11. The molecule has 1 unspecified atom stereocenters. The molecule has 0 aliphatic heterocycles. The van der Waals surface area contributed by atoms with Crippen LogP contribution in [0.3, 0.4) is 0 Å². The summed E-state index contributed by atoms with van der Waals surface area (Å²) in [6.45, 7) is 2.41. The van der Waals surface area contributed by atoms with Gasteiger partial charge in [-0.2, -0.15) is 5.10 Å². The molecule has 0 amide bonds. The van der Waals surface area contributed by atoms with E-state index in [1.165, 1.54) is 6.33 Å². The highest BCUT2D eigenvalue weighted by Crippen LogP contribution is 2.17. The first-order chi connectivity index (χ1) is 7.18. The molecular weight excluding hydrogens is 216 g/mol. The molecule has 2 aromatic rings. The summed E-state index contributed by atoms with van der Waals surface area (Å²) < 4.78 is 3.42. The number of hydrogen-bond acceptors (Lipinski definition) is 4. The maximum atomic E-state index is 5.99. The highest BCUT2D eigenvalue weighted by atomic mass is 35.5. The predicted octanol–water partition coefficient (Wildman–Crippen LogP) is 0.755. The van der Waals surface area contributed by atoms with Gasteiger partial charge in [0.15, 0.2) is 0 Å². The molecule has 0 spiro atoms. The fourth-order valence-electron chi connectivity index (χ4n) is 1.29. The molecule has 0 saturated heterocycles. The van der Waals surface area contributed by atoms with Gasteiger partial charge < -0.3 is 0 Å². The minimum Gasteiger partial charge on any atom is -0.251 e. The number of alkyl halides is 1. The molecule has 0 bridgehead atoms. The van der Waals surface area contributed by atoms with E-state index in [0.29, 0.717) is 6.54 Å². The van der Waals surface area contributed by atoms with Crippen molar-refractivity contribution in [2.24, 2.45) is 7.05 Å². The molecule has 7 heteroatoms. The van der Waals surface area contributed by atoms with Crippen LogP contribution in [-0.4, -0.2) is 29.8 Å². The molecule has 2 heterocycles. The minimum absolute atomic E-state index is 0.117. The van der Waals surface area contributed by atoms with Gasteiger partial charge in [0.1, 0.15) is 18.7 Å². The Morgan fingerprint density at radius 1 is 1.53 bits per heavy atom. The van der Waals surface area contributed by atoms with Crippen LogP contribution in [0.4, 0.5) is 0 Å². The third kappa shape index (κ3) is 1.99. The number of nitrogens with zero attached hydrogens (tertiary/aromatic N) is 6.